The van der Waals surface area contributed by atoms with E-state index < -0.39 is 51.5 Å². The van der Waals surface area contributed by atoms with E-state index in [1.807, 2.05) is 24.3 Å². The molecule has 9 nitrogen and oxygen atoms in total. The fourth-order valence-electron chi connectivity index (χ4n) is 5.41. The number of nitrogens with one attached hydrogen (secondary N) is 1. The predicted octanol–water partition coefficient (Wildman–Crippen LogP) is 5.42. The molecule has 0 radical (unpaired) electrons. The second-order valence-electron chi connectivity index (χ2n) is 10.1. The maximum absolute atomic E-state index is 14.1. The highest BCUT2D eigenvalue weighted by atomic mass is 79.9. The molecule has 0 spiro atoms. The Morgan fingerprint density at radius 2 is 1.73 bits per heavy atom. The Balaban J connectivity index is 1.37. The minimum atomic E-state index is -0.871. The molecule has 3 atom stereocenters. The van der Waals surface area contributed by atoms with Crippen LogP contribution in [-0.2, 0) is 25.7 Å². The van der Waals surface area contributed by atoms with Crippen LogP contribution in [0, 0.1) is 11.7 Å². The summed E-state index contributed by atoms with van der Waals surface area (Å²) in [4.78, 5) is 67.7. The van der Waals surface area contributed by atoms with Crippen LogP contribution in [0.3, 0.4) is 0 Å². The Hall–Kier alpha value is -4.07. The molecule has 1 N–H and O–H groups in total. The van der Waals surface area contributed by atoms with E-state index in [4.69, 9.17) is 4.74 Å². The van der Waals surface area contributed by atoms with Gasteiger partial charge in [0.05, 0.1) is 28.8 Å². The van der Waals surface area contributed by atoms with Gasteiger partial charge in [-0.3, -0.25) is 23.7 Å². The predicted molar refractivity (Wildman–Crippen MR) is 168 cm³/mol. The van der Waals surface area contributed by atoms with E-state index in [1.165, 1.54) is 53.1 Å². The fraction of sp³-hybridized carbons (Fsp3) is 0.194. The third-order valence-electron chi connectivity index (χ3n) is 7.32. The third kappa shape index (κ3) is 5.51. The summed E-state index contributed by atoms with van der Waals surface area (Å²) in [5, 5.41) is 2.24. The molecule has 1 saturated heterocycles. The van der Waals surface area contributed by atoms with E-state index in [0.717, 1.165) is 38.0 Å². The van der Waals surface area contributed by atoms with Gasteiger partial charge in [0, 0.05) is 21.0 Å². The Bertz CT molecular complexity index is 1860. The number of fused-ring (bicyclic) bond motifs is 2. The van der Waals surface area contributed by atoms with Gasteiger partial charge in [-0.25, -0.2) is 14.1 Å². The molecule has 0 bridgehead atoms. The van der Waals surface area contributed by atoms with Crippen molar-refractivity contribution in [3.8, 4) is 0 Å². The lowest BCUT2D eigenvalue weighted by Gasteiger charge is -2.30. The summed E-state index contributed by atoms with van der Waals surface area (Å²) in [6.45, 7) is 1.58. The highest BCUT2D eigenvalue weighted by molar-refractivity contribution is 9.10. The number of carbonyl (C=O) groups excluding carboxylic acids is 4. The number of amides is 3. The molecule has 13 heteroatoms. The van der Waals surface area contributed by atoms with Crippen LogP contribution in [-0.4, -0.2) is 40.1 Å². The highest BCUT2D eigenvalue weighted by Gasteiger charge is 2.56. The lowest BCUT2D eigenvalue weighted by molar-refractivity contribution is -0.122. The summed E-state index contributed by atoms with van der Waals surface area (Å²) in [6, 6.07) is 18.7. The van der Waals surface area contributed by atoms with Gasteiger partial charge in [-0.1, -0.05) is 51.2 Å². The quantitative estimate of drug-likeness (QED) is 0.203. The van der Waals surface area contributed by atoms with Crippen molar-refractivity contribution in [1.29, 1.82) is 0 Å². The molecule has 224 valence electrons. The summed E-state index contributed by atoms with van der Waals surface area (Å²) in [5.41, 5.74) is 1.71. The van der Waals surface area contributed by atoms with Crippen LogP contribution in [0.15, 0.2) is 87.1 Å². The number of nitrogens with zero attached hydrogens (tertiary/aromatic N) is 2. The van der Waals surface area contributed by atoms with E-state index in [-0.39, 0.29) is 13.2 Å². The average molecular weight is 697 g/mol. The standard InChI is InChI=1S/C31H23BrFN3O6S2/c1-2-42-30(40)16-6-12-21(13-7-16)36-27(38)24-23(17-4-3-5-18(32)14-17)26-29(43-25(24)28(36)39)35(31(41)44-26)15-22(37)34-20-10-8-19(33)9-11-20/h3-14,23-25H,2,15H2,1H3,(H,34,37)/t23-,24?,25?/m1/s1. The zero-order valence-corrected chi connectivity index (χ0v) is 26.2. The first kappa shape index (κ1) is 30.0. The average Bonchev–Trinajstić information content (AvgIpc) is 3.44. The molecular formula is C31H23BrFN3O6S2. The number of rotatable bonds is 7. The number of aromatic nitrogens is 1. The van der Waals surface area contributed by atoms with Gasteiger partial charge in [0.1, 0.15) is 17.6 Å². The molecule has 3 heterocycles. The molecule has 4 aromatic rings. The van der Waals surface area contributed by atoms with Crippen molar-refractivity contribution in [2.75, 3.05) is 16.8 Å². The zero-order chi connectivity index (χ0) is 31.1. The Morgan fingerprint density at radius 3 is 2.41 bits per heavy atom. The highest BCUT2D eigenvalue weighted by Crippen LogP contribution is 2.54. The summed E-state index contributed by atoms with van der Waals surface area (Å²) in [6.07, 6.45) is 0. The molecular weight excluding hydrogens is 673 g/mol. The maximum atomic E-state index is 14.1. The Morgan fingerprint density at radius 1 is 1.00 bits per heavy atom. The van der Waals surface area contributed by atoms with E-state index in [2.05, 4.69) is 21.2 Å². The fourth-order valence-corrected chi connectivity index (χ4v) is 8.60. The monoisotopic (exact) mass is 695 g/mol. The topological polar surface area (TPSA) is 115 Å². The Kier molecular flexibility index (Phi) is 8.27. The molecule has 3 amide bonds. The molecule has 1 fully saturated rings. The van der Waals surface area contributed by atoms with Gasteiger partial charge in [-0.2, -0.15) is 0 Å². The first-order valence-corrected chi connectivity index (χ1v) is 16.0. The summed E-state index contributed by atoms with van der Waals surface area (Å²) in [7, 11) is 0. The van der Waals surface area contributed by atoms with Crippen molar-refractivity contribution in [2.24, 2.45) is 5.92 Å². The number of thioether (sulfide) groups is 1. The van der Waals surface area contributed by atoms with Crippen molar-refractivity contribution >= 4 is 74.1 Å². The summed E-state index contributed by atoms with van der Waals surface area (Å²) < 4.78 is 20.4. The molecule has 2 aliphatic rings. The van der Waals surface area contributed by atoms with Crippen LogP contribution in [0.5, 0.6) is 0 Å². The molecule has 0 aliphatic carbocycles. The van der Waals surface area contributed by atoms with Crippen LogP contribution in [0.25, 0.3) is 0 Å². The van der Waals surface area contributed by atoms with Gasteiger partial charge in [0.25, 0.3) is 0 Å². The lowest BCUT2D eigenvalue weighted by atomic mass is 9.83. The second-order valence-corrected chi connectivity index (χ2v) is 13.1. The van der Waals surface area contributed by atoms with Crippen LogP contribution in [0.1, 0.15) is 33.6 Å². The molecule has 3 aromatic carbocycles. The number of benzene rings is 3. The van der Waals surface area contributed by atoms with E-state index in [0.29, 0.717) is 26.8 Å². The van der Waals surface area contributed by atoms with Gasteiger partial charge >= 0.3 is 10.8 Å². The SMILES string of the molecule is CCOC(=O)c1ccc(N2C(=O)C3Sc4c(sc(=O)n4CC(=O)Nc4ccc(F)cc4)[C@H](c4cccc(Br)c4)C3C2=O)cc1. The molecule has 2 unspecified atom stereocenters. The van der Waals surface area contributed by atoms with Crippen molar-refractivity contribution in [2.45, 2.75) is 29.7 Å². The first-order chi connectivity index (χ1) is 21.2. The van der Waals surface area contributed by atoms with Crippen molar-refractivity contribution in [1.82, 2.24) is 4.57 Å². The van der Waals surface area contributed by atoms with E-state index >= 15 is 0 Å². The number of hydrogen-bond acceptors (Lipinski definition) is 8. The van der Waals surface area contributed by atoms with Crippen LogP contribution in [0.4, 0.5) is 15.8 Å². The zero-order valence-electron chi connectivity index (χ0n) is 23.0. The second kappa shape index (κ2) is 12.1. The number of thiazole rings is 1. The smallest absolute Gasteiger partial charge is 0.338 e. The summed E-state index contributed by atoms with van der Waals surface area (Å²) >= 11 is 5.53. The van der Waals surface area contributed by atoms with Crippen LogP contribution < -0.4 is 15.1 Å². The van der Waals surface area contributed by atoms with Gasteiger partial charge in [0.15, 0.2) is 0 Å². The van der Waals surface area contributed by atoms with Gasteiger partial charge in [0.2, 0.25) is 17.7 Å². The molecule has 2 aliphatic heterocycles. The van der Waals surface area contributed by atoms with E-state index in [1.54, 1.807) is 6.92 Å². The van der Waals surface area contributed by atoms with Gasteiger partial charge in [-0.05, 0) is 73.2 Å². The van der Waals surface area contributed by atoms with E-state index in [9.17, 15) is 28.4 Å². The normalized spacial score (nSPS) is 19.0. The Labute approximate surface area is 267 Å². The number of carbonyl (C=O) groups is 4. The number of ether oxygens (including phenoxy) is 1. The molecule has 44 heavy (non-hydrogen) atoms. The van der Waals surface area contributed by atoms with Gasteiger partial charge < -0.3 is 10.1 Å². The van der Waals surface area contributed by atoms with Crippen LogP contribution >= 0.6 is 39.0 Å². The minimum absolute atomic E-state index is 0.213. The first-order valence-electron chi connectivity index (χ1n) is 13.5. The lowest BCUT2D eigenvalue weighted by Crippen LogP contribution is -2.33. The molecule has 0 saturated carbocycles. The largest absolute Gasteiger partial charge is 0.462 e. The number of halogens is 2. The summed E-state index contributed by atoms with van der Waals surface area (Å²) in [5.74, 6) is -3.79. The van der Waals surface area contributed by atoms with Crippen LogP contribution in [0.2, 0.25) is 0 Å². The van der Waals surface area contributed by atoms with Crippen molar-refractivity contribution in [3.63, 3.8) is 0 Å². The number of hydrogen-bond donors (Lipinski definition) is 1. The molecule has 6 rings (SSSR count). The molecule has 1 aromatic heterocycles. The van der Waals surface area contributed by atoms with Gasteiger partial charge in [-0.15, -0.1) is 0 Å². The number of esters is 1. The van der Waals surface area contributed by atoms with Crippen molar-refractivity contribution < 1.29 is 28.3 Å². The number of imide groups is 1. The minimum Gasteiger partial charge on any atom is -0.462 e. The third-order valence-corrected chi connectivity index (χ3v) is 10.4. The number of anilines is 2. The van der Waals surface area contributed by atoms with Crippen molar-refractivity contribution in [3.05, 3.63) is 109 Å². The maximum Gasteiger partial charge on any atom is 0.338 e.